The van der Waals surface area contributed by atoms with Crippen molar-refractivity contribution in [2.45, 2.75) is 27.7 Å². The fourth-order valence-electron chi connectivity index (χ4n) is 0.213. The van der Waals surface area contributed by atoms with E-state index in [-0.39, 0.29) is 0 Å². The Balaban J connectivity index is -0.000000175. The quantitative estimate of drug-likeness (QED) is 0.313. The number of thiol groups is 1. The molecular formula is C9H19NS2. The summed E-state index contributed by atoms with van der Waals surface area (Å²) in [5.74, 6) is 0. The molecule has 12 heavy (non-hydrogen) atoms. The molecule has 0 atom stereocenters. The van der Waals surface area contributed by atoms with Gasteiger partial charge in [0.2, 0.25) is 0 Å². The molecule has 3 heteroatoms. The zero-order chi connectivity index (χ0) is 10.4. The highest BCUT2D eigenvalue weighted by Gasteiger charge is 1.82. The first-order valence-electron chi connectivity index (χ1n) is 3.96. The molecule has 0 saturated carbocycles. The van der Waals surface area contributed by atoms with Crippen molar-refractivity contribution in [2.75, 3.05) is 0 Å². The molecular weight excluding hydrogens is 186 g/mol. The molecule has 0 aromatic heterocycles. The van der Waals surface area contributed by atoms with Gasteiger partial charge in [0.1, 0.15) is 5.03 Å². The Morgan fingerprint density at radius 1 is 1.33 bits per heavy atom. The molecule has 1 nitrogen and oxygen atoms in total. The third kappa shape index (κ3) is 16.4. The summed E-state index contributed by atoms with van der Waals surface area (Å²) in [6, 6.07) is 0. The standard InChI is InChI=1S/C5H7NS2.2C2H6/c1-3-4-5(6-2)8-7;2*1-2/h3-4,7H,1-2H2;2*1-2H3/b5-4+;;. The summed E-state index contributed by atoms with van der Waals surface area (Å²) in [4.78, 5) is 3.62. The van der Waals surface area contributed by atoms with Gasteiger partial charge >= 0.3 is 0 Å². The minimum absolute atomic E-state index is 0.767. The van der Waals surface area contributed by atoms with Crippen LogP contribution in [0.4, 0.5) is 0 Å². The Morgan fingerprint density at radius 2 is 1.75 bits per heavy atom. The summed E-state index contributed by atoms with van der Waals surface area (Å²) in [7, 11) is 1.25. The predicted molar refractivity (Wildman–Crippen MR) is 67.1 cm³/mol. The van der Waals surface area contributed by atoms with Gasteiger partial charge in [-0.2, -0.15) is 0 Å². The van der Waals surface area contributed by atoms with E-state index in [4.69, 9.17) is 0 Å². The van der Waals surface area contributed by atoms with E-state index in [1.54, 1.807) is 12.2 Å². The number of rotatable bonds is 3. The van der Waals surface area contributed by atoms with Gasteiger partial charge in [-0.3, -0.25) is 4.99 Å². The highest BCUT2D eigenvalue weighted by molar-refractivity contribution is 8.70. The van der Waals surface area contributed by atoms with Crippen LogP contribution in [-0.4, -0.2) is 6.72 Å². The maximum absolute atomic E-state index is 3.90. The zero-order valence-electron chi connectivity index (χ0n) is 8.37. The lowest BCUT2D eigenvalue weighted by molar-refractivity contribution is 1.50. The summed E-state index contributed by atoms with van der Waals surface area (Å²) in [6.07, 6.45) is 3.39. The van der Waals surface area contributed by atoms with Gasteiger partial charge in [-0.1, -0.05) is 40.3 Å². The molecule has 0 aliphatic heterocycles. The van der Waals surface area contributed by atoms with Gasteiger partial charge < -0.3 is 0 Å². The minimum atomic E-state index is 0.767. The molecule has 0 fully saturated rings. The Kier molecular flexibility index (Phi) is 33.3. The molecule has 0 N–H and O–H groups in total. The van der Waals surface area contributed by atoms with Crippen molar-refractivity contribution in [3.8, 4) is 0 Å². The van der Waals surface area contributed by atoms with Gasteiger partial charge in [0.25, 0.3) is 0 Å². The predicted octanol–water partition coefficient (Wildman–Crippen LogP) is 4.34. The van der Waals surface area contributed by atoms with Gasteiger partial charge in [-0.15, -0.1) is 11.7 Å². The molecule has 72 valence electrons. The Hall–Kier alpha value is -0.150. The lowest BCUT2D eigenvalue weighted by Crippen LogP contribution is -1.59. The Labute approximate surface area is 85.9 Å². The van der Waals surface area contributed by atoms with E-state index in [1.165, 1.54) is 10.8 Å². The van der Waals surface area contributed by atoms with Crippen molar-refractivity contribution < 1.29 is 0 Å². The highest BCUT2D eigenvalue weighted by Crippen LogP contribution is 2.19. The lowest BCUT2D eigenvalue weighted by atomic mass is 10.6. The summed E-state index contributed by atoms with van der Waals surface area (Å²) < 4.78 is 0. The van der Waals surface area contributed by atoms with Crippen LogP contribution in [0.5, 0.6) is 0 Å². The van der Waals surface area contributed by atoms with Crippen molar-refractivity contribution in [3.63, 3.8) is 0 Å². The summed E-state index contributed by atoms with van der Waals surface area (Å²) in [5, 5.41) is 0.767. The number of allylic oxidation sites excluding steroid dienone is 2. The van der Waals surface area contributed by atoms with E-state index >= 15 is 0 Å². The monoisotopic (exact) mass is 205 g/mol. The Bertz CT molecular complexity index is 120. The second kappa shape index (κ2) is 22.4. The Morgan fingerprint density at radius 3 is 1.83 bits per heavy atom. The van der Waals surface area contributed by atoms with Crippen molar-refractivity contribution >= 4 is 29.2 Å². The van der Waals surface area contributed by atoms with Crippen molar-refractivity contribution in [3.05, 3.63) is 23.8 Å². The van der Waals surface area contributed by atoms with Gasteiger partial charge in [-0.05, 0) is 23.6 Å². The minimum Gasteiger partial charge on any atom is -0.257 e. The van der Waals surface area contributed by atoms with E-state index < -0.39 is 0 Å². The van der Waals surface area contributed by atoms with Crippen LogP contribution in [0.3, 0.4) is 0 Å². The largest absolute Gasteiger partial charge is 0.257 e. The molecule has 0 rings (SSSR count). The third-order valence-corrected chi connectivity index (χ3v) is 1.52. The molecule has 0 amide bonds. The van der Waals surface area contributed by atoms with Crippen molar-refractivity contribution in [1.29, 1.82) is 0 Å². The van der Waals surface area contributed by atoms with E-state index in [9.17, 15) is 0 Å². The lowest BCUT2D eigenvalue weighted by Gasteiger charge is -1.86. The molecule has 0 aromatic rings. The maximum Gasteiger partial charge on any atom is 0.105 e. The molecule has 0 spiro atoms. The summed E-state index contributed by atoms with van der Waals surface area (Å²) in [5.41, 5.74) is 0. The number of nitrogens with zero attached hydrogens (tertiary/aromatic N) is 1. The molecule has 0 aliphatic carbocycles. The number of hydrogen-bond donors (Lipinski definition) is 1. The van der Waals surface area contributed by atoms with Gasteiger partial charge in [0.05, 0.1) is 0 Å². The molecule has 0 bridgehead atoms. The SMILES string of the molecule is C=C/C=C(\N=C)SS.CC.CC. The second-order valence-electron chi connectivity index (χ2n) is 0.990. The first-order chi connectivity index (χ1) is 5.85. The number of hydrogen-bond acceptors (Lipinski definition) is 3. The fraction of sp³-hybridized carbons (Fsp3) is 0.444. The maximum atomic E-state index is 3.90. The van der Waals surface area contributed by atoms with E-state index in [1.807, 2.05) is 27.7 Å². The smallest absolute Gasteiger partial charge is 0.105 e. The molecule has 0 aliphatic rings. The summed E-state index contributed by atoms with van der Waals surface area (Å²) in [6.45, 7) is 14.8. The van der Waals surface area contributed by atoms with Crippen LogP contribution < -0.4 is 0 Å². The van der Waals surface area contributed by atoms with Gasteiger partial charge in [0.15, 0.2) is 0 Å². The van der Waals surface area contributed by atoms with Crippen LogP contribution in [0, 0.1) is 0 Å². The average Bonchev–Trinajstić information content (AvgIpc) is 2.20. The fourth-order valence-corrected chi connectivity index (χ4v) is 0.783. The van der Waals surface area contributed by atoms with Crippen LogP contribution in [0.25, 0.3) is 0 Å². The molecule has 0 radical (unpaired) electrons. The molecule has 0 unspecified atom stereocenters. The first kappa shape index (κ1) is 17.8. The normalized spacial score (nSPS) is 8.25. The van der Waals surface area contributed by atoms with Crippen LogP contribution in [-0.2, 0) is 0 Å². The van der Waals surface area contributed by atoms with Crippen LogP contribution in [0.15, 0.2) is 28.8 Å². The van der Waals surface area contributed by atoms with E-state index in [0.29, 0.717) is 0 Å². The number of aliphatic imine (C=N–C) groups is 1. The van der Waals surface area contributed by atoms with Gasteiger partial charge in [-0.25, -0.2) is 0 Å². The molecule has 0 saturated heterocycles. The zero-order valence-corrected chi connectivity index (χ0v) is 10.1. The van der Waals surface area contributed by atoms with Crippen LogP contribution in [0.2, 0.25) is 0 Å². The van der Waals surface area contributed by atoms with Crippen LogP contribution >= 0.6 is 22.5 Å². The van der Waals surface area contributed by atoms with Crippen LogP contribution in [0.1, 0.15) is 27.7 Å². The van der Waals surface area contributed by atoms with E-state index in [0.717, 1.165) is 5.03 Å². The first-order valence-corrected chi connectivity index (χ1v) is 5.83. The second-order valence-corrected chi connectivity index (χ2v) is 2.14. The van der Waals surface area contributed by atoms with Crippen molar-refractivity contribution in [2.24, 2.45) is 4.99 Å². The molecule has 0 aromatic carbocycles. The van der Waals surface area contributed by atoms with Crippen molar-refractivity contribution in [1.82, 2.24) is 0 Å². The topological polar surface area (TPSA) is 12.4 Å². The molecule has 0 heterocycles. The van der Waals surface area contributed by atoms with Gasteiger partial charge in [0, 0.05) is 0 Å². The van der Waals surface area contributed by atoms with E-state index in [2.05, 4.69) is 29.9 Å². The summed E-state index contributed by atoms with van der Waals surface area (Å²) >= 11 is 3.90. The highest BCUT2D eigenvalue weighted by atomic mass is 33.1. The third-order valence-electron chi connectivity index (χ3n) is 0.510. The average molecular weight is 205 g/mol.